The van der Waals surface area contributed by atoms with Crippen molar-refractivity contribution in [2.45, 2.75) is 20.3 Å². The molecule has 0 amide bonds. The minimum Gasteiger partial charge on any atom is -0.373 e. The minimum atomic E-state index is -0.899. The molecular formula is C14H15F2N3. The van der Waals surface area contributed by atoms with Crippen LogP contribution in [-0.4, -0.2) is 17.0 Å². The highest BCUT2D eigenvalue weighted by molar-refractivity contribution is 5.59. The van der Waals surface area contributed by atoms with Gasteiger partial charge in [0.1, 0.15) is 5.82 Å². The summed E-state index contributed by atoms with van der Waals surface area (Å²) in [4.78, 5) is 8.71. The first-order valence-corrected chi connectivity index (χ1v) is 6.07. The molecule has 1 N–H and O–H groups in total. The van der Waals surface area contributed by atoms with Gasteiger partial charge in [0.25, 0.3) is 0 Å². The predicted octanol–water partition coefficient (Wildman–Crippen LogP) is 3.33. The zero-order valence-corrected chi connectivity index (χ0v) is 11.1. The van der Waals surface area contributed by atoms with E-state index < -0.39 is 11.6 Å². The summed E-state index contributed by atoms with van der Waals surface area (Å²) in [6.45, 7) is 3.90. The SMILES string of the molecule is CCc1c(C)nc(-c2ccc(F)c(F)c2)nc1NC. The van der Waals surface area contributed by atoms with Crippen molar-refractivity contribution >= 4 is 5.82 Å². The van der Waals surface area contributed by atoms with Crippen LogP contribution >= 0.6 is 0 Å². The maximum Gasteiger partial charge on any atom is 0.161 e. The lowest BCUT2D eigenvalue weighted by Crippen LogP contribution is -2.05. The van der Waals surface area contributed by atoms with Crippen LogP contribution in [0.4, 0.5) is 14.6 Å². The second kappa shape index (κ2) is 5.30. The van der Waals surface area contributed by atoms with E-state index in [0.717, 1.165) is 35.6 Å². The van der Waals surface area contributed by atoms with E-state index in [1.54, 1.807) is 7.05 Å². The largest absolute Gasteiger partial charge is 0.373 e. The molecule has 0 aliphatic rings. The monoisotopic (exact) mass is 263 g/mol. The number of nitrogens with one attached hydrogen (secondary N) is 1. The van der Waals surface area contributed by atoms with Gasteiger partial charge in [0.2, 0.25) is 0 Å². The standard InChI is InChI=1S/C14H15F2N3/c1-4-10-8(2)18-13(19-14(10)17-3)9-5-6-11(15)12(16)7-9/h5-7H,4H2,1-3H3,(H,17,18,19). The second-order valence-electron chi connectivity index (χ2n) is 4.19. The summed E-state index contributed by atoms with van der Waals surface area (Å²) in [5, 5.41) is 3.00. The Balaban J connectivity index is 2.56. The van der Waals surface area contributed by atoms with Gasteiger partial charge in [-0.1, -0.05) is 6.92 Å². The van der Waals surface area contributed by atoms with Crippen LogP contribution in [0, 0.1) is 18.6 Å². The molecule has 5 heteroatoms. The Bertz CT molecular complexity index is 612. The predicted molar refractivity (Wildman–Crippen MR) is 71.0 cm³/mol. The summed E-state index contributed by atoms with van der Waals surface area (Å²) in [6, 6.07) is 3.66. The van der Waals surface area contributed by atoms with Gasteiger partial charge in [-0.25, -0.2) is 18.7 Å². The number of aromatic nitrogens is 2. The zero-order valence-electron chi connectivity index (χ0n) is 11.1. The van der Waals surface area contributed by atoms with Crippen LogP contribution in [0.1, 0.15) is 18.2 Å². The third-order valence-electron chi connectivity index (χ3n) is 2.98. The fraction of sp³-hybridized carbons (Fsp3) is 0.286. The number of hydrogen-bond donors (Lipinski definition) is 1. The molecular weight excluding hydrogens is 248 g/mol. The summed E-state index contributed by atoms with van der Waals surface area (Å²) < 4.78 is 26.2. The van der Waals surface area contributed by atoms with Crippen LogP contribution in [0.3, 0.4) is 0 Å². The number of rotatable bonds is 3. The highest BCUT2D eigenvalue weighted by Gasteiger charge is 2.12. The first-order valence-electron chi connectivity index (χ1n) is 6.07. The Morgan fingerprint density at radius 3 is 2.47 bits per heavy atom. The van der Waals surface area contributed by atoms with Crippen molar-refractivity contribution in [3.8, 4) is 11.4 Å². The van der Waals surface area contributed by atoms with Gasteiger partial charge < -0.3 is 5.32 Å². The summed E-state index contributed by atoms with van der Waals surface area (Å²) in [7, 11) is 1.77. The topological polar surface area (TPSA) is 37.8 Å². The lowest BCUT2D eigenvalue weighted by atomic mass is 10.1. The first kappa shape index (κ1) is 13.4. The maximum absolute atomic E-state index is 13.2. The van der Waals surface area contributed by atoms with Crippen LogP contribution in [0.2, 0.25) is 0 Å². The molecule has 0 fully saturated rings. The van der Waals surface area contributed by atoms with E-state index in [9.17, 15) is 8.78 Å². The van der Waals surface area contributed by atoms with Crippen LogP contribution in [0.15, 0.2) is 18.2 Å². The molecule has 100 valence electrons. The maximum atomic E-state index is 13.2. The van der Waals surface area contributed by atoms with Crippen molar-refractivity contribution in [2.75, 3.05) is 12.4 Å². The molecule has 0 saturated heterocycles. The summed E-state index contributed by atoms with van der Waals surface area (Å²) in [5.41, 5.74) is 2.32. The fourth-order valence-corrected chi connectivity index (χ4v) is 1.99. The van der Waals surface area contributed by atoms with Gasteiger partial charge in [-0.05, 0) is 31.5 Å². The molecule has 19 heavy (non-hydrogen) atoms. The van der Waals surface area contributed by atoms with E-state index in [1.165, 1.54) is 6.07 Å². The van der Waals surface area contributed by atoms with Crippen LogP contribution < -0.4 is 5.32 Å². The number of aryl methyl sites for hydroxylation is 1. The Morgan fingerprint density at radius 1 is 1.16 bits per heavy atom. The van der Waals surface area contributed by atoms with Gasteiger partial charge in [0.05, 0.1) is 0 Å². The summed E-state index contributed by atoms with van der Waals surface area (Å²) in [6.07, 6.45) is 0.806. The molecule has 0 atom stereocenters. The molecule has 0 aliphatic heterocycles. The second-order valence-corrected chi connectivity index (χ2v) is 4.19. The molecule has 0 aliphatic carbocycles. The first-order chi connectivity index (χ1) is 9.06. The zero-order chi connectivity index (χ0) is 14.0. The van der Waals surface area contributed by atoms with Gasteiger partial charge in [0.15, 0.2) is 17.5 Å². The lowest BCUT2D eigenvalue weighted by Gasteiger charge is -2.11. The Hall–Kier alpha value is -2.04. The molecule has 3 nitrogen and oxygen atoms in total. The number of hydrogen-bond acceptors (Lipinski definition) is 3. The van der Waals surface area contributed by atoms with Crippen LogP contribution in [-0.2, 0) is 6.42 Å². The number of anilines is 1. The Morgan fingerprint density at radius 2 is 1.89 bits per heavy atom. The van der Waals surface area contributed by atoms with E-state index in [0.29, 0.717) is 11.4 Å². The smallest absolute Gasteiger partial charge is 0.161 e. The molecule has 1 aromatic carbocycles. The van der Waals surface area contributed by atoms with E-state index in [4.69, 9.17) is 0 Å². The highest BCUT2D eigenvalue weighted by Crippen LogP contribution is 2.23. The van der Waals surface area contributed by atoms with Crippen molar-refractivity contribution in [3.63, 3.8) is 0 Å². The van der Waals surface area contributed by atoms with Gasteiger partial charge in [-0.15, -0.1) is 0 Å². The number of nitrogens with zero attached hydrogens (tertiary/aromatic N) is 2. The Kier molecular flexibility index (Phi) is 3.74. The van der Waals surface area contributed by atoms with E-state index >= 15 is 0 Å². The van der Waals surface area contributed by atoms with Crippen molar-refractivity contribution < 1.29 is 8.78 Å². The molecule has 0 unspecified atom stereocenters. The molecule has 2 rings (SSSR count). The molecule has 1 aromatic heterocycles. The van der Waals surface area contributed by atoms with Crippen molar-refractivity contribution in [1.29, 1.82) is 0 Å². The van der Waals surface area contributed by atoms with Crippen LogP contribution in [0.5, 0.6) is 0 Å². The Labute approximate surface area is 110 Å². The van der Waals surface area contributed by atoms with Gasteiger partial charge in [0, 0.05) is 23.9 Å². The van der Waals surface area contributed by atoms with Gasteiger partial charge in [-0.3, -0.25) is 0 Å². The van der Waals surface area contributed by atoms with Gasteiger partial charge >= 0.3 is 0 Å². The molecule has 1 heterocycles. The number of benzene rings is 1. The molecule has 0 radical (unpaired) electrons. The average Bonchev–Trinajstić information content (AvgIpc) is 2.40. The third kappa shape index (κ3) is 2.54. The van der Waals surface area contributed by atoms with E-state index in [-0.39, 0.29) is 0 Å². The van der Waals surface area contributed by atoms with E-state index in [2.05, 4.69) is 15.3 Å². The molecule has 0 saturated carbocycles. The van der Waals surface area contributed by atoms with Crippen LogP contribution in [0.25, 0.3) is 11.4 Å². The lowest BCUT2D eigenvalue weighted by molar-refractivity contribution is 0.509. The molecule has 2 aromatic rings. The summed E-state index contributed by atoms with van der Waals surface area (Å²) in [5.74, 6) is -0.670. The highest BCUT2D eigenvalue weighted by atomic mass is 19.2. The normalized spacial score (nSPS) is 10.6. The number of halogens is 2. The minimum absolute atomic E-state index is 0.387. The molecule has 0 spiro atoms. The summed E-state index contributed by atoms with van der Waals surface area (Å²) >= 11 is 0. The quantitative estimate of drug-likeness (QED) is 0.923. The molecule has 0 bridgehead atoms. The van der Waals surface area contributed by atoms with E-state index in [1.807, 2.05) is 13.8 Å². The van der Waals surface area contributed by atoms with Crippen molar-refractivity contribution in [2.24, 2.45) is 0 Å². The van der Waals surface area contributed by atoms with Crippen molar-refractivity contribution in [1.82, 2.24) is 9.97 Å². The van der Waals surface area contributed by atoms with Crippen molar-refractivity contribution in [3.05, 3.63) is 41.1 Å². The fourth-order valence-electron chi connectivity index (χ4n) is 1.99. The van der Waals surface area contributed by atoms with Gasteiger partial charge in [-0.2, -0.15) is 0 Å². The third-order valence-corrected chi connectivity index (χ3v) is 2.98. The average molecular weight is 263 g/mol.